The molecule has 7 heteroatoms. The van der Waals surface area contributed by atoms with Crippen LogP contribution in [0.15, 0.2) is 58.3 Å². The van der Waals surface area contributed by atoms with Crippen LogP contribution in [-0.2, 0) is 14.8 Å². The van der Waals surface area contributed by atoms with Crippen molar-refractivity contribution >= 4 is 33.4 Å². The number of sulfonamides is 1. The van der Waals surface area contributed by atoms with Crippen LogP contribution in [0.4, 0.5) is 5.69 Å². The molecule has 0 spiro atoms. The Morgan fingerprint density at radius 2 is 1.84 bits per heavy atom. The van der Waals surface area contributed by atoms with Gasteiger partial charge in [-0.2, -0.15) is 0 Å². The van der Waals surface area contributed by atoms with Crippen LogP contribution < -0.4 is 10.0 Å². The highest BCUT2D eigenvalue weighted by atomic mass is 32.2. The van der Waals surface area contributed by atoms with E-state index < -0.39 is 10.0 Å². The number of hydrogen-bond donors (Lipinski definition) is 2. The number of carbonyl (C=O) groups is 1. The molecule has 0 heterocycles. The fourth-order valence-electron chi connectivity index (χ4n) is 2.36. The van der Waals surface area contributed by atoms with Gasteiger partial charge in [-0.15, -0.1) is 11.8 Å². The van der Waals surface area contributed by atoms with Gasteiger partial charge in [0.1, 0.15) is 0 Å². The molecule has 0 aliphatic heterocycles. The molecule has 0 unspecified atom stereocenters. The zero-order valence-electron chi connectivity index (χ0n) is 14.4. The lowest BCUT2D eigenvalue weighted by Crippen LogP contribution is -2.27. The minimum Gasteiger partial charge on any atom is -0.325 e. The molecule has 0 bridgehead atoms. The van der Waals surface area contributed by atoms with E-state index in [1.54, 1.807) is 12.1 Å². The van der Waals surface area contributed by atoms with Crippen molar-refractivity contribution in [2.45, 2.75) is 29.6 Å². The minimum atomic E-state index is -3.66. The Kier molecular flexibility index (Phi) is 6.64. The Hall–Kier alpha value is -1.83. The number of rotatable bonds is 7. The van der Waals surface area contributed by atoms with E-state index in [0.29, 0.717) is 12.2 Å². The van der Waals surface area contributed by atoms with Gasteiger partial charge >= 0.3 is 0 Å². The van der Waals surface area contributed by atoms with E-state index >= 15 is 0 Å². The Balaban J connectivity index is 2.17. The molecule has 0 saturated carbocycles. The summed E-state index contributed by atoms with van der Waals surface area (Å²) in [4.78, 5) is 12.3. The standard InChI is InChI=1S/C18H22N2O3S2/c1-13(15-7-5-4-6-8-15)12-19-25(22,23)16-9-10-18(24-3)17(11-16)20-14(2)21/h4-11,13,19H,12H2,1-3H3,(H,20,21)/t13-/m0/s1. The Morgan fingerprint density at radius 3 is 2.44 bits per heavy atom. The van der Waals surface area contributed by atoms with E-state index in [9.17, 15) is 13.2 Å². The SMILES string of the molecule is CSc1ccc(S(=O)(=O)NC[C@H](C)c2ccccc2)cc1NC(C)=O. The fourth-order valence-corrected chi connectivity index (χ4v) is 4.05. The minimum absolute atomic E-state index is 0.0521. The van der Waals surface area contributed by atoms with Crippen molar-refractivity contribution in [3.05, 3.63) is 54.1 Å². The highest BCUT2D eigenvalue weighted by molar-refractivity contribution is 7.98. The number of benzene rings is 2. The van der Waals surface area contributed by atoms with E-state index in [0.717, 1.165) is 10.5 Å². The fraction of sp³-hybridized carbons (Fsp3) is 0.278. The van der Waals surface area contributed by atoms with Crippen LogP contribution >= 0.6 is 11.8 Å². The molecule has 2 N–H and O–H groups in total. The number of amides is 1. The van der Waals surface area contributed by atoms with Gasteiger partial charge in [-0.3, -0.25) is 4.79 Å². The smallest absolute Gasteiger partial charge is 0.240 e. The molecule has 1 atom stereocenters. The highest BCUT2D eigenvalue weighted by Crippen LogP contribution is 2.28. The Labute approximate surface area is 153 Å². The van der Waals surface area contributed by atoms with Crippen LogP contribution in [0.1, 0.15) is 25.3 Å². The van der Waals surface area contributed by atoms with Gasteiger partial charge in [0.15, 0.2) is 0 Å². The first-order valence-electron chi connectivity index (χ1n) is 7.83. The van der Waals surface area contributed by atoms with Crippen molar-refractivity contribution in [2.24, 2.45) is 0 Å². The summed E-state index contributed by atoms with van der Waals surface area (Å²) >= 11 is 1.44. The summed E-state index contributed by atoms with van der Waals surface area (Å²) in [6.45, 7) is 3.66. The molecule has 5 nitrogen and oxygen atoms in total. The van der Waals surface area contributed by atoms with Crippen molar-refractivity contribution in [3.63, 3.8) is 0 Å². The largest absolute Gasteiger partial charge is 0.325 e. The third-order valence-corrected chi connectivity index (χ3v) is 5.96. The van der Waals surface area contributed by atoms with E-state index in [2.05, 4.69) is 10.0 Å². The van der Waals surface area contributed by atoms with E-state index in [1.165, 1.54) is 24.8 Å². The molecule has 0 saturated heterocycles. The topological polar surface area (TPSA) is 75.3 Å². The van der Waals surface area contributed by atoms with Gasteiger partial charge in [-0.05, 0) is 35.9 Å². The maximum absolute atomic E-state index is 12.6. The second kappa shape index (κ2) is 8.51. The molecule has 0 radical (unpaired) electrons. The van der Waals surface area contributed by atoms with Gasteiger partial charge < -0.3 is 5.32 Å². The first-order valence-corrected chi connectivity index (χ1v) is 10.5. The van der Waals surface area contributed by atoms with Crippen LogP contribution in [-0.4, -0.2) is 27.1 Å². The second-order valence-electron chi connectivity index (χ2n) is 5.71. The van der Waals surface area contributed by atoms with Gasteiger partial charge in [0, 0.05) is 18.4 Å². The van der Waals surface area contributed by atoms with Crippen molar-refractivity contribution in [2.75, 3.05) is 18.1 Å². The van der Waals surface area contributed by atoms with Gasteiger partial charge in [0.2, 0.25) is 15.9 Å². The van der Waals surface area contributed by atoms with Crippen LogP contribution in [0, 0.1) is 0 Å². The van der Waals surface area contributed by atoms with Crippen LogP contribution in [0.2, 0.25) is 0 Å². The molecule has 0 aliphatic rings. The number of hydrogen-bond acceptors (Lipinski definition) is 4. The van der Waals surface area contributed by atoms with Gasteiger partial charge in [0.25, 0.3) is 0 Å². The van der Waals surface area contributed by atoms with Crippen molar-refractivity contribution < 1.29 is 13.2 Å². The molecule has 134 valence electrons. The molecule has 25 heavy (non-hydrogen) atoms. The van der Waals surface area contributed by atoms with E-state index in [-0.39, 0.29) is 16.7 Å². The lowest BCUT2D eigenvalue weighted by atomic mass is 10.0. The number of carbonyl (C=O) groups excluding carboxylic acids is 1. The second-order valence-corrected chi connectivity index (χ2v) is 8.32. The molecule has 2 aromatic rings. The summed E-state index contributed by atoms with van der Waals surface area (Å²) in [7, 11) is -3.66. The lowest BCUT2D eigenvalue weighted by molar-refractivity contribution is -0.114. The number of anilines is 1. The van der Waals surface area contributed by atoms with E-state index in [1.807, 2.05) is 43.5 Å². The number of thioether (sulfide) groups is 1. The Bertz CT molecular complexity index is 837. The third-order valence-electron chi connectivity index (χ3n) is 3.74. The van der Waals surface area contributed by atoms with E-state index in [4.69, 9.17) is 0 Å². The van der Waals surface area contributed by atoms with Crippen LogP contribution in [0.3, 0.4) is 0 Å². The zero-order chi connectivity index (χ0) is 18.4. The quantitative estimate of drug-likeness (QED) is 0.724. The van der Waals surface area contributed by atoms with Crippen LogP contribution in [0.5, 0.6) is 0 Å². The Morgan fingerprint density at radius 1 is 1.16 bits per heavy atom. The molecule has 0 aliphatic carbocycles. The van der Waals surface area contributed by atoms with Gasteiger partial charge in [-0.1, -0.05) is 37.3 Å². The molecule has 2 rings (SSSR count). The summed E-state index contributed by atoms with van der Waals surface area (Å²) in [5.74, 6) is -0.188. The summed E-state index contributed by atoms with van der Waals surface area (Å²) < 4.78 is 27.8. The zero-order valence-corrected chi connectivity index (χ0v) is 16.1. The molecule has 0 aromatic heterocycles. The molecular weight excluding hydrogens is 356 g/mol. The first-order chi connectivity index (χ1) is 11.8. The maximum Gasteiger partial charge on any atom is 0.240 e. The van der Waals surface area contributed by atoms with Gasteiger partial charge in [0.05, 0.1) is 10.6 Å². The normalized spacial score (nSPS) is 12.6. The van der Waals surface area contributed by atoms with Crippen LogP contribution in [0.25, 0.3) is 0 Å². The number of nitrogens with one attached hydrogen (secondary N) is 2. The predicted octanol–water partition coefficient (Wildman–Crippen LogP) is 3.45. The highest BCUT2D eigenvalue weighted by Gasteiger charge is 2.18. The van der Waals surface area contributed by atoms with Crippen molar-refractivity contribution in [1.29, 1.82) is 0 Å². The summed E-state index contributed by atoms with van der Waals surface area (Å²) in [5, 5.41) is 2.68. The summed E-state index contributed by atoms with van der Waals surface area (Å²) in [6.07, 6.45) is 1.87. The maximum atomic E-state index is 12.6. The third kappa shape index (κ3) is 5.32. The molecule has 0 fully saturated rings. The monoisotopic (exact) mass is 378 g/mol. The molecule has 2 aromatic carbocycles. The average Bonchev–Trinajstić information content (AvgIpc) is 2.60. The first kappa shape index (κ1) is 19.5. The van der Waals surface area contributed by atoms with Crippen molar-refractivity contribution in [1.82, 2.24) is 4.72 Å². The van der Waals surface area contributed by atoms with Gasteiger partial charge in [-0.25, -0.2) is 13.1 Å². The molecule has 1 amide bonds. The molecular formula is C18H22N2O3S2. The predicted molar refractivity (Wildman–Crippen MR) is 103 cm³/mol. The lowest BCUT2D eigenvalue weighted by Gasteiger charge is -2.15. The summed E-state index contributed by atoms with van der Waals surface area (Å²) in [6, 6.07) is 14.5. The average molecular weight is 379 g/mol. The summed E-state index contributed by atoms with van der Waals surface area (Å²) in [5.41, 5.74) is 1.57. The van der Waals surface area contributed by atoms with Crippen molar-refractivity contribution in [3.8, 4) is 0 Å².